The van der Waals surface area contributed by atoms with E-state index in [0.717, 1.165) is 24.9 Å². The van der Waals surface area contributed by atoms with Gasteiger partial charge in [-0.3, -0.25) is 0 Å². The molecule has 2 N–H and O–H groups in total. The van der Waals surface area contributed by atoms with Crippen LogP contribution in [-0.2, 0) is 16.6 Å². The predicted molar refractivity (Wildman–Crippen MR) is 86.4 cm³/mol. The van der Waals surface area contributed by atoms with Crippen LogP contribution in [0.5, 0.6) is 0 Å². The minimum atomic E-state index is -3.61. The molecule has 21 heavy (non-hydrogen) atoms. The highest BCUT2D eigenvalue weighted by Gasteiger charge is 2.31. The molecule has 1 fully saturated rings. The van der Waals surface area contributed by atoms with Gasteiger partial charge in [-0.25, -0.2) is 13.1 Å². The van der Waals surface area contributed by atoms with Crippen LogP contribution in [0.3, 0.4) is 0 Å². The van der Waals surface area contributed by atoms with Crippen LogP contribution in [-0.4, -0.2) is 21.0 Å². The highest BCUT2D eigenvalue weighted by atomic mass is 35.5. The Morgan fingerprint density at radius 3 is 2.48 bits per heavy atom. The lowest BCUT2D eigenvalue weighted by molar-refractivity contribution is 0.270. The molecule has 1 aromatic rings. The largest absolute Gasteiger partial charge is 0.313 e. The first-order chi connectivity index (χ1) is 9.83. The van der Waals surface area contributed by atoms with Crippen LogP contribution in [0.4, 0.5) is 0 Å². The maximum atomic E-state index is 12.4. The predicted octanol–water partition coefficient (Wildman–Crippen LogP) is 3.18. The maximum Gasteiger partial charge on any atom is 0.242 e. The number of rotatable bonds is 6. The molecule has 0 aliphatic heterocycles. The van der Waals surface area contributed by atoms with Gasteiger partial charge in [-0.1, -0.05) is 37.0 Å². The average Bonchev–Trinajstić information content (AvgIpc) is 2.35. The van der Waals surface area contributed by atoms with Gasteiger partial charge in [0.1, 0.15) is 4.90 Å². The summed E-state index contributed by atoms with van der Waals surface area (Å²) in [4.78, 5) is 0.0982. The van der Waals surface area contributed by atoms with Crippen molar-refractivity contribution in [3.05, 3.63) is 27.7 Å². The van der Waals surface area contributed by atoms with Crippen molar-refractivity contribution >= 4 is 33.2 Å². The molecule has 0 heterocycles. The van der Waals surface area contributed by atoms with Gasteiger partial charge in [-0.05, 0) is 43.0 Å². The van der Waals surface area contributed by atoms with Crippen molar-refractivity contribution in [2.24, 2.45) is 5.92 Å². The van der Waals surface area contributed by atoms with Crippen LogP contribution in [0, 0.1) is 5.92 Å². The minimum absolute atomic E-state index is 0.00830. The summed E-state index contributed by atoms with van der Waals surface area (Å²) in [6, 6.07) is 3.06. The van der Waals surface area contributed by atoms with Gasteiger partial charge in [0.15, 0.2) is 0 Å². The Balaban J connectivity index is 2.24. The average molecular weight is 351 g/mol. The second kappa shape index (κ2) is 6.84. The molecule has 0 bridgehead atoms. The molecule has 0 amide bonds. The molecule has 1 aromatic carbocycles. The lowest BCUT2D eigenvalue weighted by Crippen LogP contribution is -2.43. The van der Waals surface area contributed by atoms with Gasteiger partial charge in [-0.2, -0.15) is 0 Å². The Morgan fingerprint density at radius 2 is 1.90 bits per heavy atom. The summed E-state index contributed by atoms with van der Waals surface area (Å²) in [5.74, 6) is 0.572. The smallest absolute Gasteiger partial charge is 0.242 e. The third-order valence-corrected chi connectivity index (χ3v) is 5.99. The van der Waals surface area contributed by atoms with Crippen LogP contribution < -0.4 is 10.0 Å². The van der Waals surface area contributed by atoms with E-state index < -0.39 is 10.0 Å². The van der Waals surface area contributed by atoms with Gasteiger partial charge in [0, 0.05) is 17.6 Å². The number of sulfonamides is 1. The SMILES string of the molecule is CCNCc1cc(S(=O)(=O)NC2CC(C)C2)c(Cl)cc1Cl. The van der Waals surface area contributed by atoms with Crippen LogP contribution >= 0.6 is 23.2 Å². The van der Waals surface area contributed by atoms with Crippen LogP contribution in [0.1, 0.15) is 32.3 Å². The highest BCUT2D eigenvalue weighted by Crippen LogP contribution is 2.31. The van der Waals surface area contributed by atoms with E-state index in [1.807, 2.05) is 6.92 Å². The molecular formula is C14H20Cl2N2O2S. The van der Waals surface area contributed by atoms with Crippen molar-refractivity contribution in [1.29, 1.82) is 0 Å². The van der Waals surface area contributed by atoms with E-state index in [2.05, 4.69) is 17.0 Å². The van der Waals surface area contributed by atoms with Crippen LogP contribution in [0.2, 0.25) is 10.0 Å². The highest BCUT2D eigenvalue weighted by molar-refractivity contribution is 7.89. The van der Waals surface area contributed by atoms with E-state index in [1.54, 1.807) is 6.07 Å². The van der Waals surface area contributed by atoms with Gasteiger partial charge in [0.05, 0.1) is 5.02 Å². The fraction of sp³-hybridized carbons (Fsp3) is 0.571. The zero-order valence-corrected chi connectivity index (χ0v) is 14.4. The quantitative estimate of drug-likeness (QED) is 0.828. The molecule has 1 aliphatic rings. The number of hydrogen-bond acceptors (Lipinski definition) is 3. The van der Waals surface area contributed by atoms with Crippen molar-refractivity contribution < 1.29 is 8.42 Å². The molecule has 1 saturated carbocycles. The minimum Gasteiger partial charge on any atom is -0.313 e. The Bertz CT molecular complexity index is 614. The topological polar surface area (TPSA) is 58.2 Å². The number of nitrogens with one attached hydrogen (secondary N) is 2. The molecule has 4 nitrogen and oxygen atoms in total. The first kappa shape index (κ1) is 17.0. The van der Waals surface area contributed by atoms with Crippen molar-refractivity contribution in [1.82, 2.24) is 10.0 Å². The summed E-state index contributed by atoms with van der Waals surface area (Å²) >= 11 is 12.2. The summed E-state index contributed by atoms with van der Waals surface area (Å²) in [6.45, 7) is 5.37. The maximum absolute atomic E-state index is 12.4. The summed E-state index contributed by atoms with van der Waals surface area (Å²) in [7, 11) is -3.61. The fourth-order valence-corrected chi connectivity index (χ4v) is 4.58. The molecule has 1 aliphatic carbocycles. The van der Waals surface area contributed by atoms with Crippen LogP contribution in [0.15, 0.2) is 17.0 Å². The van der Waals surface area contributed by atoms with Gasteiger partial charge in [0.25, 0.3) is 0 Å². The molecule has 0 atom stereocenters. The van der Waals surface area contributed by atoms with Crippen molar-refractivity contribution in [2.75, 3.05) is 6.54 Å². The molecule has 7 heteroatoms. The summed E-state index contributed by atoms with van der Waals surface area (Å²) in [5.41, 5.74) is 0.727. The number of benzene rings is 1. The standard InChI is InChI=1S/C14H20Cl2N2O2S/c1-3-17-8-10-6-14(13(16)7-12(10)15)21(19,20)18-11-4-9(2)5-11/h6-7,9,11,17-18H,3-5,8H2,1-2H3. The van der Waals surface area contributed by atoms with E-state index >= 15 is 0 Å². The third-order valence-electron chi connectivity index (χ3n) is 3.65. The fourth-order valence-electron chi connectivity index (χ4n) is 2.45. The van der Waals surface area contributed by atoms with Crippen molar-refractivity contribution in [3.8, 4) is 0 Å². The summed E-state index contributed by atoms with van der Waals surface area (Å²) in [6.07, 6.45) is 1.74. The van der Waals surface area contributed by atoms with Gasteiger partial charge in [0.2, 0.25) is 10.0 Å². The molecule has 2 rings (SSSR count). The molecule has 0 spiro atoms. The Morgan fingerprint density at radius 1 is 1.24 bits per heavy atom. The zero-order chi connectivity index (χ0) is 15.6. The molecular weight excluding hydrogens is 331 g/mol. The second-order valence-corrected chi connectivity index (χ2v) is 8.05. The Labute approximate surface area is 136 Å². The molecule has 118 valence electrons. The third kappa shape index (κ3) is 4.11. The van der Waals surface area contributed by atoms with Gasteiger partial charge < -0.3 is 5.32 Å². The Hall–Kier alpha value is -0.330. The van der Waals surface area contributed by atoms with E-state index in [0.29, 0.717) is 17.5 Å². The van der Waals surface area contributed by atoms with E-state index in [4.69, 9.17) is 23.2 Å². The lowest BCUT2D eigenvalue weighted by Gasteiger charge is -2.33. The van der Waals surface area contributed by atoms with E-state index in [1.165, 1.54) is 6.07 Å². The Kier molecular flexibility index (Phi) is 5.54. The lowest BCUT2D eigenvalue weighted by atomic mass is 9.83. The van der Waals surface area contributed by atoms with Gasteiger partial charge >= 0.3 is 0 Å². The monoisotopic (exact) mass is 350 g/mol. The van der Waals surface area contributed by atoms with Crippen molar-refractivity contribution in [3.63, 3.8) is 0 Å². The van der Waals surface area contributed by atoms with Gasteiger partial charge in [-0.15, -0.1) is 0 Å². The first-order valence-corrected chi connectivity index (χ1v) is 9.28. The molecule has 0 radical (unpaired) electrons. The van der Waals surface area contributed by atoms with E-state index in [9.17, 15) is 8.42 Å². The van der Waals surface area contributed by atoms with E-state index in [-0.39, 0.29) is 16.0 Å². The molecule has 0 saturated heterocycles. The first-order valence-electron chi connectivity index (χ1n) is 7.04. The van der Waals surface area contributed by atoms with Crippen LogP contribution in [0.25, 0.3) is 0 Å². The molecule has 0 aromatic heterocycles. The zero-order valence-electron chi connectivity index (χ0n) is 12.1. The number of halogens is 2. The molecule has 0 unspecified atom stereocenters. The second-order valence-electron chi connectivity index (χ2n) is 5.55. The number of hydrogen-bond donors (Lipinski definition) is 2. The summed E-state index contributed by atoms with van der Waals surface area (Å²) in [5, 5.41) is 3.75. The normalized spacial score (nSPS) is 22.1. The summed E-state index contributed by atoms with van der Waals surface area (Å²) < 4.78 is 27.6. The van der Waals surface area contributed by atoms with Crippen molar-refractivity contribution in [2.45, 2.75) is 44.2 Å².